The Kier molecular flexibility index (Phi) is 5.82. The van der Waals surface area contributed by atoms with Crippen molar-refractivity contribution in [1.29, 1.82) is 0 Å². The van der Waals surface area contributed by atoms with E-state index in [0.29, 0.717) is 24.1 Å². The molecule has 1 amide bonds. The Bertz CT molecular complexity index is 1130. The first-order valence-electron chi connectivity index (χ1n) is 10.9. The average Bonchev–Trinajstić information content (AvgIpc) is 3.49. The average molecular weight is 455 g/mol. The van der Waals surface area contributed by atoms with Crippen LogP contribution in [0.3, 0.4) is 0 Å². The Labute approximate surface area is 190 Å². The van der Waals surface area contributed by atoms with Crippen molar-refractivity contribution in [1.82, 2.24) is 19.7 Å². The van der Waals surface area contributed by atoms with Gasteiger partial charge in [-0.25, -0.2) is 0 Å². The molecular formula is C23H26N4O4S. The quantitative estimate of drug-likeness (QED) is 0.539. The maximum Gasteiger partial charge on any atom is 0.233 e. The Hall–Kier alpha value is -2.94. The maximum atomic E-state index is 13.1. The molecule has 0 N–H and O–H groups in total. The Morgan fingerprint density at radius 2 is 2.00 bits per heavy atom. The summed E-state index contributed by atoms with van der Waals surface area (Å²) in [5.41, 5.74) is 2.01. The lowest BCUT2D eigenvalue weighted by Gasteiger charge is -2.25. The number of furan rings is 1. The first-order chi connectivity index (χ1) is 15.6. The molecule has 1 fully saturated rings. The summed E-state index contributed by atoms with van der Waals surface area (Å²) < 4.78 is 18.9. The molecule has 1 atom stereocenters. The molecule has 0 bridgehead atoms. The number of fused-ring (bicyclic) bond motifs is 1. The lowest BCUT2D eigenvalue weighted by atomic mass is 10.0. The van der Waals surface area contributed by atoms with E-state index in [1.54, 1.807) is 6.26 Å². The van der Waals surface area contributed by atoms with E-state index in [0.717, 1.165) is 60.0 Å². The number of amides is 1. The summed E-state index contributed by atoms with van der Waals surface area (Å²) in [6.07, 6.45) is 4.45. The standard InChI is InChI=1S/C23H26N4O4S/c1-15-17(8-12-29-15)22-24-25-23(26(22)2)32-14-21(28)27-9-3-5-18(27)16-6-7-19-20(13-16)31-11-4-10-30-19/h6-8,12-13,18H,3-5,9-11,14H2,1-2H3/t18-/m1/s1. The van der Waals surface area contributed by atoms with Gasteiger partial charge in [-0.1, -0.05) is 17.8 Å². The van der Waals surface area contributed by atoms with Gasteiger partial charge in [0.1, 0.15) is 5.76 Å². The van der Waals surface area contributed by atoms with E-state index in [-0.39, 0.29) is 11.9 Å². The van der Waals surface area contributed by atoms with Crippen molar-refractivity contribution in [2.45, 2.75) is 37.4 Å². The number of aromatic nitrogens is 3. The van der Waals surface area contributed by atoms with E-state index < -0.39 is 0 Å². The van der Waals surface area contributed by atoms with E-state index in [4.69, 9.17) is 13.9 Å². The van der Waals surface area contributed by atoms with Crippen molar-refractivity contribution in [3.8, 4) is 22.9 Å². The van der Waals surface area contributed by atoms with Crippen LogP contribution < -0.4 is 9.47 Å². The number of ether oxygens (including phenoxy) is 2. The highest BCUT2D eigenvalue weighted by molar-refractivity contribution is 7.99. The molecule has 0 spiro atoms. The molecule has 0 unspecified atom stereocenters. The Morgan fingerprint density at radius 3 is 2.81 bits per heavy atom. The van der Waals surface area contributed by atoms with Crippen LogP contribution in [0.4, 0.5) is 0 Å². The van der Waals surface area contributed by atoms with Gasteiger partial charge < -0.3 is 23.4 Å². The highest BCUT2D eigenvalue weighted by Crippen LogP contribution is 2.38. The molecule has 4 heterocycles. The summed E-state index contributed by atoms with van der Waals surface area (Å²) in [5, 5.41) is 9.27. The molecule has 2 aromatic heterocycles. The normalized spacial score (nSPS) is 18.1. The predicted octanol–water partition coefficient (Wildman–Crippen LogP) is 4.00. The molecule has 9 heteroatoms. The highest BCUT2D eigenvalue weighted by atomic mass is 32.2. The number of hydrogen-bond acceptors (Lipinski definition) is 7. The number of carbonyl (C=O) groups excluding carboxylic acids is 1. The van der Waals surface area contributed by atoms with Crippen LogP contribution in [0.2, 0.25) is 0 Å². The lowest BCUT2D eigenvalue weighted by Crippen LogP contribution is -2.32. The summed E-state index contributed by atoms with van der Waals surface area (Å²) >= 11 is 1.41. The minimum absolute atomic E-state index is 0.0592. The number of rotatable bonds is 5. The topological polar surface area (TPSA) is 82.6 Å². The zero-order chi connectivity index (χ0) is 22.1. The number of carbonyl (C=O) groups is 1. The number of benzene rings is 1. The molecule has 8 nitrogen and oxygen atoms in total. The van der Waals surface area contributed by atoms with E-state index in [2.05, 4.69) is 16.3 Å². The number of aryl methyl sites for hydroxylation is 1. The molecule has 2 aliphatic heterocycles. The maximum absolute atomic E-state index is 13.1. The molecule has 1 saturated heterocycles. The van der Waals surface area contributed by atoms with Gasteiger partial charge in [0.2, 0.25) is 5.91 Å². The number of likely N-dealkylation sites (tertiary alicyclic amines) is 1. The molecule has 5 rings (SSSR count). The van der Waals surface area contributed by atoms with Crippen molar-refractivity contribution >= 4 is 17.7 Å². The first-order valence-corrected chi connectivity index (χ1v) is 11.9. The van der Waals surface area contributed by atoms with Gasteiger partial charge in [-0.2, -0.15) is 0 Å². The van der Waals surface area contributed by atoms with Gasteiger partial charge in [0.15, 0.2) is 22.5 Å². The molecule has 0 aliphatic carbocycles. The summed E-state index contributed by atoms with van der Waals surface area (Å²) in [6, 6.07) is 7.99. The van der Waals surface area contributed by atoms with Gasteiger partial charge in [-0.05, 0) is 43.5 Å². The summed E-state index contributed by atoms with van der Waals surface area (Å²) in [6.45, 7) is 3.98. The molecule has 168 valence electrons. The monoisotopic (exact) mass is 454 g/mol. The zero-order valence-corrected chi connectivity index (χ0v) is 19.1. The van der Waals surface area contributed by atoms with Crippen molar-refractivity contribution < 1.29 is 18.7 Å². The lowest BCUT2D eigenvalue weighted by molar-refractivity contribution is -0.129. The summed E-state index contributed by atoms with van der Waals surface area (Å²) in [5.74, 6) is 3.50. The van der Waals surface area contributed by atoms with E-state index >= 15 is 0 Å². The summed E-state index contributed by atoms with van der Waals surface area (Å²) in [4.78, 5) is 15.1. The van der Waals surface area contributed by atoms with Gasteiger partial charge in [0.25, 0.3) is 0 Å². The van der Waals surface area contributed by atoms with E-state index in [9.17, 15) is 4.79 Å². The van der Waals surface area contributed by atoms with E-state index in [1.165, 1.54) is 11.8 Å². The van der Waals surface area contributed by atoms with Crippen LogP contribution in [0.1, 0.15) is 36.6 Å². The molecule has 2 aliphatic rings. The van der Waals surface area contributed by atoms with Crippen LogP contribution in [0.5, 0.6) is 11.5 Å². The van der Waals surface area contributed by atoms with Crippen LogP contribution >= 0.6 is 11.8 Å². The molecular weight excluding hydrogens is 428 g/mol. The molecule has 0 radical (unpaired) electrons. The molecule has 0 saturated carbocycles. The third-order valence-corrected chi connectivity index (χ3v) is 6.99. The number of thioether (sulfide) groups is 1. The third kappa shape index (κ3) is 3.97. The second kappa shape index (κ2) is 8.90. The van der Waals surface area contributed by atoms with Crippen LogP contribution in [0.15, 0.2) is 40.1 Å². The van der Waals surface area contributed by atoms with Crippen molar-refractivity contribution in [3.05, 3.63) is 41.9 Å². The third-order valence-electron chi connectivity index (χ3n) is 5.99. The Balaban J connectivity index is 1.27. The van der Waals surface area contributed by atoms with Crippen LogP contribution in [-0.4, -0.2) is 51.1 Å². The number of hydrogen-bond donors (Lipinski definition) is 0. The van der Waals surface area contributed by atoms with Crippen molar-refractivity contribution in [2.75, 3.05) is 25.5 Å². The van der Waals surface area contributed by atoms with Crippen molar-refractivity contribution in [3.63, 3.8) is 0 Å². The summed E-state index contributed by atoms with van der Waals surface area (Å²) in [7, 11) is 1.91. The molecule has 3 aromatic rings. The van der Waals surface area contributed by atoms with Crippen LogP contribution in [0, 0.1) is 6.92 Å². The van der Waals surface area contributed by atoms with E-state index in [1.807, 2.05) is 41.6 Å². The van der Waals surface area contributed by atoms with Gasteiger partial charge in [-0.3, -0.25) is 4.79 Å². The minimum Gasteiger partial charge on any atom is -0.490 e. The highest BCUT2D eigenvalue weighted by Gasteiger charge is 2.31. The smallest absolute Gasteiger partial charge is 0.233 e. The number of nitrogens with zero attached hydrogens (tertiary/aromatic N) is 4. The fraction of sp³-hybridized carbons (Fsp3) is 0.435. The van der Waals surface area contributed by atoms with Crippen molar-refractivity contribution in [2.24, 2.45) is 7.05 Å². The largest absolute Gasteiger partial charge is 0.490 e. The van der Waals surface area contributed by atoms with Gasteiger partial charge in [0.05, 0.1) is 36.8 Å². The minimum atomic E-state index is 0.0592. The second-order valence-corrected chi connectivity index (χ2v) is 8.99. The van der Waals surface area contributed by atoms with Crippen LogP contribution in [-0.2, 0) is 11.8 Å². The molecule has 32 heavy (non-hydrogen) atoms. The Morgan fingerprint density at radius 1 is 1.16 bits per heavy atom. The predicted molar refractivity (Wildman–Crippen MR) is 120 cm³/mol. The van der Waals surface area contributed by atoms with Gasteiger partial charge in [-0.15, -0.1) is 10.2 Å². The molecule has 1 aromatic carbocycles. The second-order valence-electron chi connectivity index (χ2n) is 8.05. The fourth-order valence-electron chi connectivity index (χ4n) is 4.30. The van der Waals surface area contributed by atoms with Crippen LogP contribution in [0.25, 0.3) is 11.4 Å². The van der Waals surface area contributed by atoms with Gasteiger partial charge >= 0.3 is 0 Å². The first kappa shape index (κ1) is 20.9. The fourth-order valence-corrected chi connectivity index (χ4v) is 5.10. The van der Waals surface area contributed by atoms with Gasteiger partial charge in [0, 0.05) is 20.0 Å². The SMILES string of the molecule is Cc1occc1-c1nnc(SCC(=O)N2CCC[C@@H]2c2ccc3c(c2)OCCCO3)n1C. The zero-order valence-electron chi connectivity index (χ0n) is 18.2.